The van der Waals surface area contributed by atoms with Gasteiger partial charge < -0.3 is 20.3 Å². The highest BCUT2D eigenvalue weighted by atomic mass is 32.2. The van der Waals surface area contributed by atoms with E-state index in [2.05, 4.69) is 10.3 Å². The predicted octanol–water partition coefficient (Wildman–Crippen LogP) is 3.51. The number of H-pyrrole nitrogens is 1. The molecule has 2 amide bonds. The second kappa shape index (κ2) is 9.66. The van der Waals surface area contributed by atoms with Gasteiger partial charge >= 0.3 is 5.97 Å². The Kier molecular flexibility index (Phi) is 6.74. The molecule has 192 valence electrons. The number of aryl methyl sites for hydroxylation is 1. The Balaban J connectivity index is 1.93. The van der Waals surface area contributed by atoms with Gasteiger partial charge in [-0.25, -0.2) is 17.6 Å². The molecule has 1 aliphatic heterocycles. The number of fused-ring (bicyclic) bond motifs is 1. The molecule has 0 saturated heterocycles. The van der Waals surface area contributed by atoms with Crippen LogP contribution in [0, 0.1) is 12.7 Å². The van der Waals surface area contributed by atoms with E-state index in [1.54, 1.807) is 14.1 Å². The van der Waals surface area contributed by atoms with Crippen molar-refractivity contribution in [3.8, 4) is 0 Å². The van der Waals surface area contributed by atoms with Gasteiger partial charge in [-0.15, -0.1) is 0 Å². The van der Waals surface area contributed by atoms with Crippen LogP contribution >= 0.6 is 0 Å². The number of anilines is 1. The zero-order valence-corrected chi connectivity index (χ0v) is 21.1. The average Bonchev–Trinajstić information content (AvgIpc) is 3.32. The van der Waals surface area contributed by atoms with Crippen LogP contribution in [0.15, 0.2) is 52.3 Å². The van der Waals surface area contributed by atoms with Gasteiger partial charge in [0.25, 0.3) is 5.91 Å². The summed E-state index contributed by atoms with van der Waals surface area (Å²) in [6.45, 7) is 1.51. The number of carboxylic acid groups (broad SMARTS) is 1. The highest BCUT2D eigenvalue weighted by molar-refractivity contribution is 7.91. The van der Waals surface area contributed by atoms with Crippen molar-refractivity contribution in [3.63, 3.8) is 0 Å². The van der Waals surface area contributed by atoms with E-state index in [1.165, 1.54) is 60.4 Å². The summed E-state index contributed by atoms with van der Waals surface area (Å²) < 4.78 is 41.6. The third kappa shape index (κ3) is 4.77. The largest absolute Gasteiger partial charge is 0.478 e. The van der Waals surface area contributed by atoms with Crippen LogP contribution in [0.25, 0.3) is 11.6 Å². The number of nitrogens with one attached hydrogen (secondary N) is 2. The van der Waals surface area contributed by atoms with Gasteiger partial charge in [0.15, 0.2) is 0 Å². The fourth-order valence-electron chi connectivity index (χ4n) is 4.31. The summed E-state index contributed by atoms with van der Waals surface area (Å²) in [5, 5.41) is 12.2. The molecule has 0 saturated carbocycles. The van der Waals surface area contributed by atoms with Crippen molar-refractivity contribution in [1.29, 1.82) is 0 Å². The molecule has 0 spiro atoms. The van der Waals surface area contributed by atoms with Gasteiger partial charge in [-0.1, -0.05) is 12.1 Å². The van der Waals surface area contributed by atoms with Crippen LogP contribution in [-0.4, -0.2) is 55.3 Å². The molecule has 1 aliphatic rings. The lowest BCUT2D eigenvalue weighted by molar-refractivity contribution is -0.128. The molecule has 3 N–H and O–H groups in total. The Morgan fingerprint density at radius 1 is 1.14 bits per heavy atom. The molecule has 0 unspecified atom stereocenters. The number of benzene rings is 2. The molecular weight excluding hydrogens is 501 g/mol. The second-order valence-corrected chi connectivity index (χ2v) is 10.6. The van der Waals surface area contributed by atoms with Crippen LogP contribution in [-0.2, 0) is 25.8 Å². The van der Waals surface area contributed by atoms with E-state index in [0.29, 0.717) is 11.3 Å². The molecule has 0 radical (unpaired) electrons. The van der Waals surface area contributed by atoms with Gasteiger partial charge in [-0.2, -0.15) is 0 Å². The number of aromatic nitrogens is 1. The molecule has 0 fully saturated rings. The standard InChI is InChI=1S/C26H24FN3O6S/c1-14-24(37(35,36)22-7-5-4-6-17(22)26(33)34)16(9-11-23(31)30(2)3)21(28-14)13-19-18-12-15(27)8-10-20(18)29-25(19)32/h4-8,10,12-13,28H,9,11H2,1-3H3,(H,29,32)(H,33,34)/b19-13+. The number of rotatable bonds is 7. The zero-order valence-electron chi connectivity index (χ0n) is 20.3. The number of sulfone groups is 1. The Bertz CT molecular complexity index is 1590. The summed E-state index contributed by atoms with van der Waals surface area (Å²) in [6.07, 6.45) is 1.37. The van der Waals surface area contributed by atoms with Gasteiger partial charge in [0, 0.05) is 43.2 Å². The van der Waals surface area contributed by atoms with Crippen LogP contribution < -0.4 is 5.32 Å². The minimum atomic E-state index is -4.36. The van der Waals surface area contributed by atoms with E-state index in [9.17, 15) is 32.3 Å². The zero-order chi connectivity index (χ0) is 27.1. The van der Waals surface area contributed by atoms with Crippen LogP contribution in [0.4, 0.5) is 10.1 Å². The molecule has 4 rings (SSSR count). The van der Waals surface area contributed by atoms with Crippen LogP contribution in [0.5, 0.6) is 0 Å². The molecule has 1 aromatic heterocycles. The first-order chi connectivity index (χ1) is 17.4. The van der Waals surface area contributed by atoms with Gasteiger partial charge in [0.1, 0.15) is 5.82 Å². The van der Waals surface area contributed by atoms with Crippen molar-refractivity contribution < 1.29 is 32.3 Å². The number of nitrogens with zero attached hydrogens (tertiary/aromatic N) is 1. The number of aromatic carboxylic acids is 1. The van der Waals surface area contributed by atoms with E-state index in [0.717, 1.165) is 0 Å². The maximum Gasteiger partial charge on any atom is 0.337 e. The Morgan fingerprint density at radius 2 is 1.84 bits per heavy atom. The van der Waals surface area contributed by atoms with Gasteiger partial charge in [-0.3, -0.25) is 9.59 Å². The lowest BCUT2D eigenvalue weighted by Gasteiger charge is -2.13. The molecule has 3 aromatic rings. The highest BCUT2D eigenvalue weighted by Gasteiger charge is 2.32. The number of carbonyl (C=O) groups is 3. The summed E-state index contributed by atoms with van der Waals surface area (Å²) >= 11 is 0. The van der Waals surface area contributed by atoms with Crippen LogP contribution in [0.2, 0.25) is 0 Å². The lowest BCUT2D eigenvalue weighted by Crippen LogP contribution is -2.22. The molecular formula is C26H24FN3O6S. The van der Waals surface area contributed by atoms with Crippen molar-refractivity contribution in [2.24, 2.45) is 0 Å². The Hall–Kier alpha value is -4.25. The van der Waals surface area contributed by atoms with E-state index < -0.39 is 38.0 Å². The smallest absolute Gasteiger partial charge is 0.337 e. The molecule has 0 atom stereocenters. The topological polar surface area (TPSA) is 137 Å². The first-order valence-electron chi connectivity index (χ1n) is 11.2. The first-order valence-corrected chi connectivity index (χ1v) is 12.7. The number of hydrogen-bond donors (Lipinski definition) is 3. The summed E-state index contributed by atoms with van der Waals surface area (Å²) in [6, 6.07) is 9.10. The third-order valence-corrected chi connectivity index (χ3v) is 8.10. The number of aromatic amines is 1. The second-order valence-electron chi connectivity index (χ2n) is 8.77. The van der Waals surface area contributed by atoms with Gasteiger partial charge in [0.2, 0.25) is 15.7 Å². The number of carbonyl (C=O) groups excluding carboxylic acids is 2. The van der Waals surface area contributed by atoms with Gasteiger partial charge in [-0.05, 0) is 55.3 Å². The van der Waals surface area contributed by atoms with E-state index >= 15 is 0 Å². The monoisotopic (exact) mass is 525 g/mol. The summed E-state index contributed by atoms with van der Waals surface area (Å²) in [4.78, 5) is 40.6. The Labute approximate surface area is 212 Å². The molecule has 11 heteroatoms. The van der Waals surface area contributed by atoms with Crippen molar-refractivity contribution in [3.05, 3.63) is 76.4 Å². The highest BCUT2D eigenvalue weighted by Crippen LogP contribution is 2.37. The van der Waals surface area contributed by atoms with Crippen LogP contribution in [0.1, 0.15) is 39.3 Å². The number of hydrogen-bond acceptors (Lipinski definition) is 5. The van der Waals surface area contributed by atoms with Crippen molar-refractivity contribution in [1.82, 2.24) is 9.88 Å². The lowest BCUT2D eigenvalue weighted by atomic mass is 10.0. The number of halogens is 1. The SMILES string of the molecule is Cc1[nH]c(/C=C2/C(=O)Nc3ccc(F)cc32)c(CCC(=O)N(C)C)c1S(=O)(=O)c1ccccc1C(=O)O. The fraction of sp³-hybridized carbons (Fsp3) is 0.192. The molecule has 37 heavy (non-hydrogen) atoms. The summed E-state index contributed by atoms with van der Waals surface area (Å²) in [5.41, 5.74) is 1.12. The van der Waals surface area contributed by atoms with Crippen molar-refractivity contribution in [2.45, 2.75) is 29.6 Å². The summed E-state index contributed by atoms with van der Waals surface area (Å²) in [7, 11) is -1.22. The summed E-state index contributed by atoms with van der Waals surface area (Å²) in [5.74, 6) is -2.70. The molecule has 0 aliphatic carbocycles. The molecule has 2 heterocycles. The van der Waals surface area contributed by atoms with E-state index in [1.807, 2.05) is 0 Å². The number of carboxylic acids is 1. The first kappa shape index (κ1) is 25.8. The average molecular weight is 526 g/mol. The number of amides is 2. The van der Waals surface area contributed by atoms with E-state index in [4.69, 9.17) is 0 Å². The van der Waals surface area contributed by atoms with Crippen molar-refractivity contribution in [2.75, 3.05) is 19.4 Å². The van der Waals surface area contributed by atoms with Crippen LogP contribution in [0.3, 0.4) is 0 Å². The van der Waals surface area contributed by atoms with Gasteiger partial charge in [0.05, 0.1) is 20.9 Å². The third-order valence-electron chi connectivity index (χ3n) is 6.08. The molecule has 0 bridgehead atoms. The Morgan fingerprint density at radius 3 is 2.51 bits per heavy atom. The minimum Gasteiger partial charge on any atom is -0.478 e. The minimum absolute atomic E-state index is 0.0120. The quantitative estimate of drug-likeness (QED) is 0.404. The maximum atomic E-state index is 13.9. The van der Waals surface area contributed by atoms with E-state index in [-0.39, 0.29) is 46.2 Å². The van der Waals surface area contributed by atoms with Crippen molar-refractivity contribution >= 4 is 45.0 Å². The fourth-order valence-corrected chi connectivity index (χ4v) is 6.22. The molecule has 9 nitrogen and oxygen atoms in total. The maximum absolute atomic E-state index is 13.9. The molecule has 2 aromatic carbocycles. The normalized spacial score (nSPS) is 13.9. The predicted molar refractivity (Wildman–Crippen MR) is 134 cm³/mol.